The fraction of sp³-hybridized carbons (Fsp3) is 0.448. The van der Waals surface area contributed by atoms with E-state index in [0.717, 1.165) is 35.7 Å². The first-order chi connectivity index (χ1) is 15.5. The molecule has 1 unspecified atom stereocenters. The van der Waals surface area contributed by atoms with Crippen molar-refractivity contribution in [2.75, 3.05) is 12.1 Å². The third kappa shape index (κ3) is 4.18. The summed E-state index contributed by atoms with van der Waals surface area (Å²) in [7, 11) is 1.99. The van der Waals surface area contributed by atoms with E-state index in [9.17, 15) is 4.79 Å². The molecule has 0 saturated carbocycles. The van der Waals surface area contributed by atoms with E-state index in [-0.39, 0.29) is 0 Å². The van der Waals surface area contributed by atoms with Crippen LogP contribution in [0.4, 0.5) is 5.69 Å². The van der Waals surface area contributed by atoms with Gasteiger partial charge in [-0.25, -0.2) is 0 Å². The molecular formula is C29H36N2O. The predicted molar refractivity (Wildman–Crippen MR) is 136 cm³/mol. The van der Waals surface area contributed by atoms with Crippen molar-refractivity contribution in [3.8, 4) is 11.1 Å². The summed E-state index contributed by atoms with van der Waals surface area (Å²) in [5.74, 6) is 1.63. The molecule has 2 aliphatic carbocycles. The van der Waals surface area contributed by atoms with E-state index in [1.807, 2.05) is 19.0 Å². The van der Waals surface area contributed by atoms with Crippen LogP contribution in [0.25, 0.3) is 11.1 Å². The van der Waals surface area contributed by atoms with Gasteiger partial charge in [-0.2, -0.15) is 5.10 Å². The number of carbonyl (C=O) groups is 1. The van der Waals surface area contributed by atoms with E-state index < -0.39 is 0 Å². The van der Waals surface area contributed by atoms with Gasteiger partial charge in [-0.15, -0.1) is 0 Å². The minimum atomic E-state index is 0.291. The molecule has 2 aliphatic rings. The van der Waals surface area contributed by atoms with Gasteiger partial charge in [-0.1, -0.05) is 51.5 Å². The van der Waals surface area contributed by atoms with Crippen LogP contribution >= 0.6 is 0 Å². The summed E-state index contributed by atoms with van der Waals surface area (Å²) in [6, 6.07) is 11.1. The Balaban J connectivity index is 1.79. The number of ketones is 1. The Kier molecular flexibility index (Phi) is 6.64. The first kappa shape index (κ1) is 22.5. The molecule has 168 valence electrons. The number of nitrogens with zero attached hydrogens (tertiary/aromatic N) is 2. The average Bonchev–Trinajstić information content (AvgIpc) is 3.19. The predicted octanol–water partition coefficient (Wildman–Crippen LogP) is 7.34. The van der Waals surface area contributed by atoms with Crippen LogP contribution in [0.1, 0.15) is 85.8 Å². The number of allylic oxidation sites excluding steroid dienone is 1. The lowest BCUT2D eigenvalue weighted by atomic mass is 9.74. The number of Topliss-reactive ketones (excluding diaryl/α,β-unsaturated/α-hetero) is 1. The zero-order chi connectivity index (χ0) is 22.8. The van der Waals surface area contributed by atoms with Gasteiger partial charge in [-0.3, -0.25) is 9.80 Å². The number of rotatable bonds is 8. The molecule has 0 aromatic heterocycles. The van der Waals surface area contributed by atoms with Crippen molar-refractivity contribution in [1.82, 2.24) is 0 Å². The molecule has 3 nitrogen and oxygen atoms in total. The molecule has 2 aromatic carbocycles. The van der Waals surface area contributed by atoms with E-state index in [1.54, 1.807) is 6.08 Å². The highest BCUT2D eigenvalue weighted by molar-refractivity contribution is 6.03. The Morgan fingerprint density at radius 2 is 1.97 bits per heavy atom. The lowest BCUT2D eigenvalue weighted by Crippen LogP contribution is -2.16. The average molecular weight is 429 g/mol. The molecule has 0 spiro atoms. The van der Waals surface area contributed by atoms with Crippen LogP contribution < -0.4 is 5.01 Å². The van der Waals surface area contributed by atoms with Crippen LogP contribution in [0.15, 0.2) is 48.1 Å². The molecule has 32 heavy (non-hydrogen) atoms. The highest BCUT2D eigenvalue weighted by Gasteiger charge is 2.31. The SMILES string of the molecule is C=C/C(C)=N\N(C)c1ccc2c(c1)-c1c(ccc3c1CCC3=O)CC2CCC(CC)CC. The van der Waals surface area contributed by atoms with E-state index in [1.165, 1.54) is 53.5 Å². The standard InChI is InChI=1S/C29H36N2O/c1-6-19(4)30-31(5)23-12-14-24-21(10-9-20(7-2)8-3)17-22-11-13-25-26(15-16-28(25)32)29(22)27(24)18-23/h6,11-14,18,20-21H,1,7-10,15-17H2,2-5H3/b30-19-. The fourth-order valence-electron chi connectivity index (χ4n) is 5.52. The third-order valence-electron chi connectivity index (χ3n) is 7.57. The van der Waals surface area contributed by atoms with Gasteiger partial charge in [-0.05, 0) is 90.5 Å². The van der Waals surface area contributed by atoms with Crippen molar-refractivity contribution < 1.29 is 4.79 Å². The molecule has 0 bridgehead atoms. The van der Waals surface area contributed by atoms with Gasteiger partial charge >= 0.3 is 0 Å². The normalized spacial score (nSPS) is 17.2. The Morgan fingerprint density at radius 3 is 2.69 bits per heavy atom. The summed E-state index contributed by atoms with van der Waals surface area (Å²) in [4.78, 5) is 12.5. The number of hydrogen-bond acceptors (Lipinski definition) is 3. The van der Waals surface area contributed by atoms with Crippen molar-refractivity contribution in [2.24, 2.45) is 11.0 Å². The minimum absolute atomic E-state index is 0.291. The van der Waals surface area contributed by atoms with Crippen LogP contribution in [-0.2, 0) is 12.8 Å². The zero-order valence-electron chi connectivity index (χ0n) is 20.1. The van der Waals surface area contributed by atoms with Gasteiger partial charge in [0.05, 0.1) is 11.4 Å². The van der Waals surface area contributed by atoms with E-state index in [2.05, 4.69) is 55.9 Å². The molecule has 0 amide bonds. The van der Waals surface area contributed by atoms with Gasteiger partial charge in [0, 0.05) is 19.0 Å². The molecule has 0 radical (unpaired) electrons. The van der Waals surface area contributed by atoms with Crippen LogP contribution in [0.5, 0.6) is 0 Å². The summed E-state index contributed by atoms with van der Waals surface area (Å²) in [5, 5.41) is 6.56. The van der Waals surface area contributed by atoms with Crippen molar-refractivity contribution in [3.05, 3.63) is 65.2 Å². The van der Waals surface area contributed by atoms with Crippen LogP contribution in [-0.4, -0.2) is 18.5 Å². The minimum Gasteiger partial charge on any atom is -0.294 e. The molecular weight excluding hydrogens is 392 g/mol. The Morgan fingerprint density at radius 1 is 1.19 bits per heavy atom. The van der Waals surface area contributed by atoms with E-state index in [0.29, 0.717) is 18.1 Å². The lowest BCUT2D eigenvalue weighted by Gasteiger charge is -2.31. The molecule has 0 aliphatic heterocycles. The van der Waals surface area contributed by atoms with Gasteiger partial charge in [0.25, 0.3) is 0 Å². The second-order valence-electron chi connectivity index (χ2n) is 9.45. The van der Waals surface area contributed by atoms with Gasteiger partial charge in [0.2, 0.25) is 0 Å². The Bertz CT molecular complexity index is 1060. The number of anilines is 1. The Labute approximate surface area is 193 Å². The number of carbonyl (C=O) groups excluding carboxylic acids is 1. The molecule has 4 rings (SSSR count). The number of benzene rings is 2. The van der Waals surface area contributed by atoms with E-state index >= 15 is 0 Å². The molecule has 0 N–H and O–H groups in total. The molecule has 3 heteroatoms. The summed E-state index contributed by atoms with van der Waals surface area (Å²) in [5.41, 5.74) is 9.63. The lowest BCUT2D eigenvalue weighted by molar-refractivity contribution is 0.0994. The largest absolute Gasteiger partial charge is 0.294 e. The summed E-state index contributed by atoms with van der Waals surface area (Å²) in [6.07, 6.45) is 9.37. The summed E-state index contributed by atoms with van der Waals surface area (Å²) >= 11 is 0. The topological polar surface area (TPSA) is 32.7 Å². The second kappa shape index (κ2) is 9.44. The first-order valence-corrected chi connectivity index (χ1v) is 12.2. The summed E-state index contributed by atoms with van der Waals surface area (Å²) < 4.78 is 0. The fourth-order valence-corrected chi connectivity index (χ4v) is 5.52. The maximum Gasteiger partial charge on any atom is 0.163 e. The van der Waals surface area contributed by atoms with Crippen molar-refractivity contribution in [2.45, 2.75) is 71.6 Å². The number of fused-ring (bicyclic) bond motifs is 5. The highest BCUT2D eigenvalue weighted by Crippen LogP contribution is 2.47. The van der Waals surface area contributed by atoms with Crippen molar-refractivity contribution in [1.29, 1.82) is 0 Å². The van der Waals surface area contributed by atoms with E-state index in [4.69, 9.17) is 0 Å². The third-order valence-corrected chi connectivity index (χ3v) is 7.57. The van der Waals surface area contributed by atoms with Crippen LogP contribution in [0, 0.1) is 5.92 Å². The van der Waals surface area contributed by atoms with Crippen molar-refractivity contribution in [3.63, 3.8) is 0 Å². The molecule has 2 aromatic rings. The molecule has 1 atom stereocenters. The van der Waals surface area contributed by atoms with Gasteiger partial charge in [0.15, 0.2) is 5.78 Å². The maximum absolute atomic E-state index is 12.5. The zero-order valence-corrected chi connectivity index (χ0v) is 20.1. The van der Waals surface area contributed by atoms with Crippen LogP contribution in [0.3, 0.4) is 0 Å². The Hall–Kier alpha value is -2.68. The first-order valence-electron chi connectivity index (χ1n) is 12.2. The number of hydrazone groups is 1. The maximum atomic E-state index is 12.5. The molecule has 0 saturated heterocycles. The quantitative estimate of drug-likeness (QED) is 0.325. The van der Waals surface area contributed by atoms with Crippen LogP contribution in [0.2, 0.25) is 0 Å². The van der Waals surface area contributed by atoms with Gasteiger partial charge < -0.3 is 0 Å². The highest BCUT2D eigenvalue weighted by atomic mass is 16.1. The molecule has 0 fully saturated rings. The van der Waals surface area contributed by atoms with Gasteiger partial charge in [0.1, 0.15) is 0 Å². The number of hydrogen-bond donors (Lipinski definition) is 0. The monoisotopic (exact) mass is 428 g/mol. The smallest absolute Gasteiger partial charge is 0.163 e. The summed E-state index contributed by atoms with van der Waals surface area (Å²) in [6.45, 7) is 10.4. The second-order valence-corrected chi connectivity index (χ2v) is 9.45. The molecule has 0 heterocycles. The van der Waals surface area contributed by atoms with Crippen molar-refractivity contribution >= 4 is 17.2 Å².